The van der Waals surface area contributed by atoms with Crippen molar-refractivity contribution < 1.29 is 9.53 Å². The molecule has 0 aliphatic heterocycles. The van der Waals surface area contributed by atoms with E-state index in [2.05, 4.69) is 4.98 Å². The number of aromatic amines is 1. The van der Waals surface area contributed by atoms with Crippen LogP contribution in [0.4, 0.5) is 0 Å². The van der Waals surface area contributed by atoms with Crippen LogP contribution in [0.15, 0.2) is 29.1 Å². The van der Waals surface area contributed by atoms with Crippen molar-refractivity contribution in [2.45, 2.75) is 38.7 Å². The third-order valence-corrected chi connectivity index (χ3v) is 4.69. The molecule has 0 unspecified atom stereocenters. The molecule has 4 heteroatoms. The van der Waals surface area contributed by atoms with Crippen molar-refractivity contribution >= 4 is 16.7 Å². The van der Waals surface area contributed by atoms with Crippen LogP contribution in [-0.2, 0) is 4.74 Å². The fourth-order valence-corrected chi connectivity index (χ4v) is 3.27. The molecule has 1 aliphatic rings. The van der Waals surface area contributed by atoms with Crippen molar-refractivity contribution in [3.05, 3.63) is 45.7 Å². The number of ether oxygens (including phenoxy) is 1. The minimum absolute atomic E-state index is 0.0792. The topological polar surface area (TPSA) is 59.2 Å². The van der Waals surface area contributed by atoms with Crippen LogP contribution in [0.2, 0.25) is 0 Å². The number of carbonyl (C=O) groups excluding carboxylic acids is 1. The third-order valence-electron chi connectivity index (χ3n) is 4.69. The average molecular weight is 299 g/mol. The van der Waals surface area contributed by atoms with E-state index in [9.17, 15) is 9.59 Å². The first kappa shape index (κ1) is 15.0. The highest BCUT2D eigenvalue weighted by atomic mass is 16.5. The Kier molecular flexibility index (Phi) is 4.12. The SMILES string of the molecule is COC1CCC(C(=O)c2ccc3[nH]c(=O)c(C)cc3c2)CC1. The van der Waals surface area contributed by atoms with Gasteiger partial charge in [0, 0.05) is 29.7 Å². The standard InChI is InChI=1S/C18H21NO3/c1-11-9-14-10-13(5-8-16(14)19-18(11)21)17(20)12-3-6-15(22-2)7-4-12/h5,8-10,12,15H,3-4,6-7H2,1-2H3,(H,19,21). The van der Waals surface area contributed by atoms with Gasteiger partial charge in [-0.1, -0.05) is 0 Å². The molecule has 0 bridgehead atoms. The number of Topliss-reactive ketones (excluding diaryl/α,β-unsaturated/α-hetero) is 1. The number of rotatable bonds is 3. The van der Waals surface area contributed by atoms with Gasteiger partial charge in [0.2, 0.25) is 0 Å². The van der Waals surface area contributed by atoms with Gasteiger partial charge in [-0.15, -0.1) is 0 Å². The number of methoxy groups -OCH3 is 1. The minimum atomic E-state index is -0.0792. The Morgan fingerprint density at radius 2 is 1.91 bits per heavy atom. The summed E-state index contributed by atoms with van der Waals surface area (Å²) in [6.07, 6.45) is 3.98. The Balaban J connectivity index is 1.85. The maximum Gasteiger partial charge on any atom is 0.251 e. The molecule has 22 heavy (non-hydrogen) atoms. The van der Waals surface area contributed by atoms with E-state index in [4.69, 9.17) is 4.74 Å². The molecule has 1 fully saturated rings. The number of benzene rings is 1. The quantitative estimate of drug-likeness (QED) is 0.885. The van der Waals surface area contributed by atoms with Gasteiger partial charge in [-0.05, 0) is 62.3 Å². The van der Waals surface area contributed by atoms with Crippen molar-refractivity contribution in [3.63, 3.8) is 0 Å². The molecule has 0 spiro atoms. The maximum atomic E-state index is 12.7. The molecule has 2 aromatic rings. The molecule has 1 N–H and O–H groups in total. The van der Waals surface area contributed by atoms with Gasteiger partial charge in [-0.25, -0.2) is 0 Å². The summed E-state index contributed by atoms with van der Waals surface area (Å²) in [5.74, 6) is 0.299. The average Bonchev–Trinajstić information content (AvgIpc) is 2.55. The second-order valence-corrected chi connectivity index (χ2v) is 6.16. The molecule has 3 rings (SSSR count). The molecule has 1 heterocycles. The van der Waals surface area contributed by atoms with Gasteiger partial charge < -0.3 is 9.72 Å². The summed E-state index contributed by atoms with van der Waals surface area (Å²) < 4.78 is 5.36. The Morgan fingerprint density at radius 3 is 2.59 bits per heavy atom. The Bertz CT molecular complexity index is 755. The number of aryl methyl sites for hydroxylation is 1. The van der Waals surface area contributed by atoms with Gasteiger partial charge in [0.25, 0.3) is 5.56 Å². The predicted molar refractivity (Wildman–Crippen MR) is 86.4 cm³/mol. The van der Waals surface area contributed by atoms with E-state index in [1.165, 1.54) is 0 Å². The van der Waals surface area contributed by atoms with Gasteiger partial charge in [0.05, 0.1) is 6.10 Å². The highest BCUT2D eigenvalue weighted by Gasteiger charge is 2.26. The molecule has 1 saturated carbocycles. The van der Waals surface area contributed by atoms with E-state index in [0.29, 0.717) is 11.7 Å². The monoisotopic (exact) mass is 299 g/mol. The summed E-state index contributed by atoms with van der Waals surface area (Å²) >= 11 is 0. The summed E-state index contributed by atoms with van der Waals surface area (Å²) in [6, 6.07) is 7.37. The summed E-state index contributed by atoms with van der Waals surface area (Å²) in [6.45, 7) is 1.78. The van der Waals surface area contributed by atoms with Crippen LogP contribution in [0.5, 0.6) is 0 Å². The van der Waals surface area contributed by atoms with Crippen molar-refractivity contribution in [3.8, 4) is 0 Å². The van der Waals surface area contributed by atoms with Crippen LogP contribution in [-0.4, -0.2) is 24.0 Å². The van der Waals surface area contributed by atoms with Crippen LogP contribution >= 0.6 is 0 Å². The first-order chi connectivity index (χ1) is 10.6. The predicted octanol–water partition coefficient (Wildman–Crippen LogP) is 3.22. The van der Waals surface area contributed by atoms with E-state index in [1.807, 2.05) is 24.3 Å². The normalized spacial score (nSPS) is 21.9. The minimum Gasteiger partial charge on any atom is -0.381 e. The van der Waals surface area contributed by atoms with Gasteiger partial charge in [0.1, 0.15) is 0 Å². The van der Waals surface area contributed by atoms with E-state index >= 15 is 0 Å². The number of ketones is 1. The molecular formula is C18H21NO3. The maximum absolute atomic E-state index is 12.7. The lowest BCUT2D eigenvalue weighted by molar-refractivity contribution is 0.0519. The van der Waals surface area contributed by atoms with Gasteiger partial charge in [-0.3, -0.25) is 9.59 Å². The lowest BCUT2D eigenvalue weighted by Gasteiger charge is -2.26. The molecule has 1 aliphatic carbocycles. The van der Waals surface area contributed by atoms with Crippen molar-refractivity contribution in [1.82, 2.24) is 4.98 Å². The number of hydrogen-bond acceptors (Lipinski definition) is 3. The number of fused-ring (bicyclic) bond motifs is 1. The molecular weight excluding hydrogens is 278 g/mol. The van der Waals surface area contributed by atoms with Crippen molar-refractivity contribution in [2.75, 3.05) is 7.11 Å². The van der Waals surface area contributed by atoms with Crippen LogP contribution in [0.3, 0.4) is 0 Å². The fraction of sp³-hybridized carbons (Fsp3) is 0.444. The van der Waals surface area contributed by atoms with Crippen LogP contribution in [0.25, 0.3) is 10.9 Å². The van der Waals surface area contributed by atoms with Gasteiger partial charge >= 0.3 is 0 Å². The Morgan fingerprint density at radius 1 is 1.18 bits per heavy atom. The van der Waals surface area contributed by atoms with Gasteiger partial charge in [-0.2, -0.15) is 0 Å². The largest absolute Gasteiger partial charge is 0.381 e. The van der Waals surface area contributed by atoms with Crippen LogP contribution in [0.1, 0.15) is 41.6 Å². The summed E-state index contributed by atoms with van der Waals surface area (Å²) in [7, 11) is 1.74. The fourth-order valence-electron chi connectivity index (χ4n) is 3.27. The Hall–Kier alpha value is -1.94. The lowest BCUT2D eigenvalue weighted by atomic mass is 9.82. The smallest absolute Gasteiger partial charge is 0.251 e. The van der Waals surface area contributed by atoms with Crippen LogP contribution < -0.4 is 5.56 Å². The number of nitrogens with one attached hydrogen (secondary N) is 1. The zero-order valence-corrected chi connectivity index (χ0v) is 13.0. The molecule has 0 atom stereocenters. The summed E-state index contributed by atoms with van der Waals surface area (Å²) in [4.78, 5) is 27.1. The van der Waals surface area contributed by atoms with Gasteiger partial charge in [0.15, 0.2) is 5.78 Å². The van der Waals surface area contributed by atoms with E-state index in [1.54, 1.807) is 14.0 Å². The highest BCUT2D eigenvalue weighted by Crippen LogP contribution is 2.29. The summed E-state index contributed by atoms with van der Waals surface area (Å²) in [5.41, 5.74) is 2.09. The molecule has 1 aromatic carbocycles. The second kappa shape index (κ2) is 6.05. The highest BCUT2D eigenvalue weighted by molar-refractivity contribution is 6.00. The van der Waals surface area contributed by atoms with Crippen molar-refractivity contribution in [1.29, 1.82) is 0 Å². The second-order valence-electron chi connectivity index (χ2n) is 6.16. The summed E-state index contributed by atoms with van der Waals surface area (Å²) in [5, 5.41) is 0.911. The zero-order valence-electron chi connectivity index (χ0n) is 13.0. The molecule has 0 radical (unpaired) electrons. The van der Waals surface area contributed by atoms with Crippen molar-refractivity contribution in [2.24, 2.45) is 5.92 Å². The number of H-pyrrole nitrogens is 1. The number of aromatic nitrogens is 1. The number of pyridine rings is 1. The first-order valence-electron chi connectivity index (χ1n) is 7.79. The van der Waals surface area contributed by atoms with E-state index in [0.717, 1.165) is 42.1 Å². The van der Waals surface area contributed by atoms with E-state index in [-0.39, 0.29) is 17.3 Å². The number of hydrogen-bond donors (Lipinski definition) is 1. The molecule has 4 nitrogen and oxygen atoms in total. The van der Waals surface area contributed by atoms with Crippen LogP contribution in [0, 0.1) is 12.8 Å². The molecule has 1 aromatic heterocycles. The molecule has 0 amide bonds. The zero-order chi connectivity index (χ0) is 15.7. The lowest BCUT2D eigenvalue weighted by Crippen LogP contribution is -2.25. The molecule has 116 valence electrons. The Labute approximate surface area is 129 Å². The number of carbonyl (C=O) groups is 1. The van der Waals surface area contributed by atoms with E-state index < -0.39 is 0 Å². The first-order valence-corrected chi connectivity index (χ1v) is 7.79. The molecule has 0 saturated heterocycles. The third kappa shape index (κ3) is 2.83.